The molecule has 0 amide bonds. The molecule has 0 aliphatic heterocycles. The van der Waals surface area contributed by atoms with Crippen LogP contribution in [0.3, 0.4) is 0 Å². The van der Waals surface area contributed by atoms with Crippen LogP contribution in [0.2, 0.25) is 0 Å². The summed E-state index contributed by atoms with van der Waals surface area (Å²) in [6.07, 6.45) is 2.14. The number of benzene rings is 2. The van der Waals surface area contributed by atoms with E-state index in [2.05, 4.69) is 42.9 Å². The average Bonchev–Trinajstić information content (AvgIpc) is 2.83. The van der Waals surface area contributed by atoms with Gasteiger partial charge in [0, 0.05) is 35.8 Å². The quantitative estimate of drug-likeness (QED) is 0.719. The zero-order valence-electron chi connectivity index (χ0n) is 12.6. The molecule has 21 heavy (non-hydrogen) atoms. The molecule has 0 saturated heterocycles. The third kappa shape index (κ3) is 2.59. The molecule has 0 aliphatic rings. The van der Waals surface area contributed by atoms with Crippen LogP contribution < -0.4 is 9.47 Å². The van der Waals surface area contributed by atoms with Gasteiger partial charge in [-0.05, 0) is 30.7 Å². The molecular formula is C18H19NO2. The van der Waals surface area contributed by atoms with Crippen molar-refractivity contribution < 1.29 is 9.47 Å². The Balaban J connectivity index is 1.88. The number of rotatable bonds is 4. The molecule has 0 bridgehead atoms. The van der Waals surface area contributed by atoms with E-state index in [1.165, 1.54) is 22.0 Å². The van der Waals surface area contributed by atoms with Crippen molar-refractivity contribution >= 4 is 10.9 Å². The molecule has 0 atom stereocenters. The number of aromatic nitrogens is 1. The summed E-state index contributed by atoms with van der Waals surface area (Å²) >= 11 is 0. The summed E-state index contributed by atoms with van der Waals surface area (Å²) in [6, 6.07) is 14.1. The summed E-state index contributed by atoms with van der Waals surface area (Å²) in [5.74, 6) is 1.63. The summed E-state index contributed by atoms with van der Waals surface area (Å²) in [5.41, 5.74) is 3.71. The second-order valence-corrected chi connectivity index (χ2v) is 5.20. The first-order valence-corrected chi connectivity index (χ1v) is 6.99. The Morgan fingerprint density at radius 1 is 1.05 bits per heavy atom. The highest BCUT2D eigenvalue weighted by atomic mass is 16.5. The molecule has 1 heterocycles. The van der Waals surface area contributed by atoms with Crippen molar-refractivity contribution in [3.8, 4) is 11.5 Å². The first-order valence-electron chi connectivity index (χ1n) is 6.99. The molecule has 0 unspecified atom stereocenters. The Kier molecular flexibility index (Phi) is 3.57. The lowest BCUT2D eigenvalue weighted by molar-refractivity contribution is 0.305. The highest BCUT2D eigenvalue weighted by molar-refractivity contribution is 5.87. The molecule has 3 heteroatoms. The summed E-state index contributed by atoms with van der Waals surface area (Å²) < 4.78 is 13.3. The standard InChI is InChI=1S/C18H19NO2/c1-13-6-4-9-17-18(13)14(11-19(17)2)12-21-16-8-5-7-15(10-16)20-3/h4-11H,12H2,1-3H3. The van der Waals surface area contributed by atoms with Gasteiger partial charge in [0.25, 0.3) is 0 Å². The van der Waals surface area contributed by atoms with E-state index in [1.807, 2.05) is 24.3 Å². The van der Waals surface area contributed by atoms with E-state index in [1.54, 1.807) is 7.11 Å². The topological polar surface area (TPSA) is 23.4 Å². The van der Waals surface area contributed by atoms with Crippen LogP contribution in [-0.4, -0.2) is 11.7 Å². The molecule has 0 N–H and O–H groups in total. The second kappa shape index (κ2) is 5.52. The lowest BCUT2D eigenvalue weighted by Gasteiger charge is -2.07. The summed E-state index contributed by atoms with van der Waals surface area (Å²) in [4.78, 5) is 0. The minimum atomic E-state index is 0.551. The van der Waals surface area contributed by atoms with E-state index < -0.39 is 0 Å². The maximum atomic E-state index is 5.92. The molecule has 0 radical (unpaired) electrons. The molecule has 3 rings (SSSR count). The fraction of sp³-hybridized carbons (Fsp3) is 0.222. The number of methoxy groups -OCH3 is 1. The van der Waals surface area contributed by atoms with E-state index in [0.29, 0.717) is 6.61 Å². The maximum Gasteiger partial charge on any atom is 0.123 e. The van der Waals surface area contributed by atoms with Crippen molar-refractivity contribution in [1.82, 2.24) is 4.57 Å². The van der Waals surface area contributed by atoms with Crippen LogP contribution in [0.5, 0.6) is 11.5 Å². The van der Waals surface area contributed by atoms with Crippen LogP contribution >= 0.6 is 0 Å². The van der Waals surface area contributed by atoms with Crippen molar-refractivity contribution in [1.29, 1.82) is 0 Å². The van der Waals surface area contributed by atoms with Crippen molar-refractivity contribution in [2.45, 2.75) is 13.5 Å². The highest BCUT2D eigenvalue weighted by Gasteiger charge is 2.09. The van der Waals surface area contributed by atoms with E-state index in [9.17, 15) is 0 Å². The Morgan fingerprint density at radius 2 is 1.81 bits per heavy atom. The van der Waals surface area contributed by atoms with Gasteiger partial charge < -0.3 is 14.0 Å². The maximum absolute atomic E-state index is 5.92. The van der Waals surface area contributed by atoms with E-state index in [-0.39, 0.29) is 0 Å². The third-order valence-corrected chi connectivity index (χ3v) is 3.74. The van der Waals surface area contributed by atoms with Gasteiger partial charge in [0.05, 0.1) is 7.11 Å². The number of hydrogen-bond donors (Lipinski definition) is 0. The van der Waals surface area contributed by atoms with Crippen LogP contribution in [0, 0.1) is 6.92 Å². The normalized spacial score (nSPS) is 10.8. The van der Waals surface area contributed by atoms with Crippen molar-refractivity contribution in [2.75, 3.05) is 7.11 Å². The Morgan fingerprint density at radius 3 is 2.62 bits per heavy atom. The fourth-order valence-corrected chi connectivity index (χ4v) is 2.69. The van der Waals surface area contributed by atoms with Gasteiger partial charge in [0.1, 0.15) is 18.1 Å². The molecule has 3 aromatic rings. The lowest BCUT2D eigenvalue weighted by atomic mass is 10.1. The molecule has 1 aromatic heterocycles. The van der Waals surface area contributed by atoms with Gasteiger partial charge in [-0.15, -0.1) is 0 Å². The molecule has 0 fully saturated rings. The number of aryl methyl sites for hydroxylation is 2. The van der Waals surface area contributed by atoms with Gasteiger partial charge in [0.15, 0.2) is 0 Å². The van der Waals surface area contributed by atoms with Crippen LogP contribution in [-0.2, 0) is 13.7 Å². The minimum Gasteiger partial charge on any atom is -0.497 e. The van der Waals surface area contributed by atoms with Crippen LogP contribution in [0.25, 0.3) is 10.9 Å². The van der Waals surface area contributed by atoms with E-state index in [4.69, 9.17) is 9.47 Å². The predicted octanol–water partition coefficient (Wildman–Crippen LogP) is 4.07. The highest BCUT2D eigenvalue weighted by Crippen LogP contribution is 2.26. The van der Waals surface area contributed by atoms with Crippen LogP contribution in [0.15, 0.2) is 48.7 Å². The van der Waals surface area contributed by atoms with Crippen LogP contribution in [0.1, 0.15) is 11.1 Å². The SMILES string of the molecule is COc1cccc(OCc2cn(C)c3cccc(C)c23)c1. The van der Waals surface area contributed by atoms with E-state index >= 15 is 0 Å². The average molecular weight is 281 g/mol. The summed E-state index contributed by atoms with van der Waals surface area (Å²) in [6.45, 7) is 2.69. The first-order chi connectivity index (χ1) is 10.2. The Labute approximate surface area is 124 Å². The van der Waals surface area contributed by atoms with Crippen molar-refractivity contribution in [3.05, 3.63) is 59.8 Å². The monoisotopic (exact) mass is 281 g/mol. The summed E-state index contributed by atoms with van der Waals surface area (Å²) in [5, 5.41) is 1.28. The van der Waals surface area contributed by atoms with Gasteiger partial charge in [-0.1, -0.05) is 18.2 Å². The van der Waals surface area contributed by atoms with Gasteiger partial charge in [-0.3, -0.25) is 0 Å². The van der Waals surface area contributed by atoms with Gasteiger partial charge in [-0.25, -0.2) is 0 Å². The lowest BCUT2D eigenvalue weighted by Crippen LogP contribution is -1.95. The Bertz CT molecular complexity index is 774. The second-order valence-electron chi connectivity index (χ2n) is 5.20. The molecule has 0 aliphatic carbocycles. The predicted molar refractivity (Wildman–Crippen MR) is 85.0 cm³/mol. The zero-order chi connectivity index (χ0) is 14.8. The Hall–Kier alpha value is -2.42. The largest absolute Gasteiger partial charge is 0.497 e. The number of nitrogens with zero attached hydrogens (tertiary/aromatic N) is 1. The van der Waals surface area contributed by atoms with Gasteiger partial charge >= 0.3 is 0 Å². The molecule has 108 valence electrons. The number of ether oxygens (including phenoxy) is 2. The van der Waals surface area contributed by atoms with Gasteiger partial charge in [0.2, 0.25) is 0 Å². The third-order valence-electron chi connectivity index (χ3n) is 3.74. The molecule has 2 aromatic carbocycles. The molecule has 0 saturated carbocycles. The smallest absolute Gasteiger partial charge is 0.123 e. The first kappa shape index (κ1) is 13.6. The van der Waals surface area contributed by atoms with Crippen molar-refractivity contribution in [2.24, 2.45) is 7.05 Å². The van der Waals surface area contributed by atoms with Crippen LogP contribution in [0.4, 0.5) is 0 Å². The zero-order valence-corrected chi connectivity index (χ0v) is 12.6. The van der Waals surface area contributed by atoms with Gasteiger partial charge in [-0.2, -0.15) is 0 Å². The summed E-state index contributed by atoms with van der Waals surface area (Å²) in [7, 11) is 3.73. The molecular weight excluding hydrogens is 262 g/mol. The molecule has 3 nitrogen and oxygen atoms in total. The van der Waals surface area contributed by atoms with E-state index in [0.717, 1.165) is 11.5 Å². The van der Waals surface area contributed by atoms with Crippen molar-refractivity contribution in [3.63, 3.8) is 0 Å². The number of fused-ring (bicyclic) bond motifs is 1. The fourth-order valence-electron chi connectivity index (χ4n) is 2.69. The number of hydrogen-bond acceptors (Lipinski definition) is 2. The minimum absolute atomic E-state index is 0.551. The molecule has 0 spiro atoms.